The zero-order valence-corrected chi connectivity index (χ0v) is 13.9. The summed E-state index contributed by atoms with van der Waals surface area (Å²) in [5.74, 6) is 0.322. The highest BCUT2D eigenvalue weighted by atomic mass is 16.5. The number of amides is 2. The fourth-order valence-electron chi connectivity index (χ4n) is 3.48. The summed E-state index contributed by atoms with van der Waals surface area (Å²) in [4.78, 5) is 27.7. The molecule has 120 valence electrons. The maximum atomic E-state index is 13.1. The Morgan fingerprint density at radius 2 is 1.90 bits per heavy atom. The van der Waals surface area contributed by atoms with Crippen molar-refractivity contribution in [3.05, 3.63) is 0 Å². The molecule has 1 aliphatic heterocycles. The third-order valence-electron chi connectivity index (χ3n) is 5.41. The Bertz CT molecular complexity index is 429. The van der Waals surface area contributed by atoms with E-state index in [4.69, 9.17) is 4.74 Å². The minimum Gasteiger partial charge on any atom is -0.380 e. The van der Waals surface area contributed by atoms with Gasteiger partial charge in [0.15, 0.2) is 0 Å². The van der Waals surface area contributed by atoms with E-state index >= 15 is 0 Å². The first kappa shape index (κ1) is 16.3. The molecule has 1 aliphatic carbocycles. The third-order valence-corrected chi connectivity index (χ3v) is 5.41. The van der Waals surface area contributed by atoms with E-state index in [1.54, 1.807) is 12.0 Å². The Morgan fingerprint density at radius 1 is 1.33 bits per heavy atom. The lowest BCUT2D eigenvalue weighted by atomic mass is 9.80. The van der Waals surface area contributed by atoms with Crippen LogP contribution in [0.1, 0.15) is 53.4 Å². The fourth-order valence-corrected chi connectivity index (χ4v) is 3.48. The molecule has 1 saturated carbocycles. The molecule has 5 heteroatoms. The summed E-state index contributed by atoms with van der Waals surface area (Å²) in [6, 6.07) is 0. The lowest BCUT2D eigenvalue weighted by Gasteiger charge is -2.52. The zero-order chi connectivity index (χ0) is 15.8. The number of methoxy groups -OCH3 is 1. The van der Waals surface area contributed by atoms with E-state index in [0.29, 0.717) is 19.4 Å². The van der Waals surface area contributed by atoms with Crippen molar-refractivity contribution < 1.29 is 14.3 Å². The van der Waals surface area contributed by atoms with Gasteiger partial charge in [-0.15, -0.1) is 0 Å². The van der Waals surface area contributed by atoms with Crippen LogP contribution in [0, 0.1) is 5.92 Å². The molecule has 1 heterocycles. The maximum absolute atomic E-state index is 13.1. The number of nitrogens with one attached hydrogen (secondary N) is 1. The van der Waals surface area contributed by atoms with Crippen LogP contribution < -0.4 is 5.32 Å². The van der Waals surface area contributed by atoms with E-state index in [1.165, 1.54) is 0 Å². The van der Waals surface area contributed by atoms with Crippen LogP contribution in [0.3, 0.4) is 0 Å². The molecule has 0 aromatic heterocycles. The maximum Gasteiger partial charge on any atom is 0.249 e. The topological polar surface area (TPSA) is 58.6 Å². The van der Waals surface area contributed by atoms with E-state index < -0.39 is 11.1 Å². The van der Waals surface area contributed by atoms with Gasteiger partial charge in [-0.3, -0.25) is 9.59 Å². The molecule has 21 heavy (non-hydrogen) atoms. The Balaban J connectivity index is 2.38. The first-order valence-corrected chi connectivity index (χ1v) is 8.03. The van der Waals surface area contributed by atoms with Crippen LogP contribution >= 0.6 is 0 Å². The molecular formula is C16H28N2O3. The number of hydrogen-bond acceptors (Lipinski definition) is 3. The summed E-state index contributed by atoms with van der Waals surface area (Å²) in [7, 11) is 1.64. The molecule has 0 aromatic carbocycles. The van der Waals surface area contributed by atoms with Crippen molar-refractivity contribution in [1.82, 2.24) is 10.2 Å². The molecule has 2 aliphatic rings. The SMILES string of the molecule is CCC1(CC)C(=O)NC(C)(C2CC2)C(=O)N1CC(C)OC. The Hall–Kier alpha value is -1.10. The molecule has 0 aromatic rings. The van der Waals surface area contributed by atoms with Gasteiger partial charge in [0.1, 0.15) is 11.1 Å². The predicted octanol–water partition coefficient (Wildman–Crippen LogP) is 1.71. The van der Waals surface area contributed by atoms with Gasteiger partial charge in [-0.05, 0) is 45.4 Å². The van der Waals surface area contributed by atoms with E-state index in [0.717, 1.165) is 12.8 Å². The second kappa shape index (κ2) is 5.59. The van der Waals surface area contributed by atoms with Crippen LogP contribution in [-0.2, 0) is 14.3 Å². The van der Waals surface area contributed by atoms with Gasteiger partial charge in [-0.25, -0.2) is 0 Å². The number of carbonyl (C=O) groups is 2. The Kier molecular flexibility index (Phi) is 4.34. The van der Waals surface area contributed by atoms with Gasteiger partial charge in [0.25, 0.3) is 0 Å². The third kappa shape index (κ3) is 2.45. The zero-order valence-electron chi connectivity index (χ0n) is 13.9. The van der Waals surface area contributed by atoms with E-state index in [2.05, 4.69) is 5.32 Å². The number of nitrogens with zero attached hydrogens (tertiary/aromatic N) is 1. The van der Waals surface area contributed by atoms with Crippen molar-refractivity contribution in [2.24, 2.45) is 5.92 Å². The van der Waals surface area contributed by atoms with Crippen molar-refractivity contribution in [2.75, 3.05) is 13.7 Å². The number of hydrogen-bond donors (Lipinski definition) is 1. The number of ether oxygens (including phenoxy) is 1. The minimum absolute atomic E-state index is 0.00944. The standard InChI is InChI=1S/C16H28N2O3/c1-6-16(7-2)13(19)17-15(4,12-8-9-12)14(20)18(16)10-11(3)21-5/h11-12H,6-10H2,1-5H3,(H,17,19). The summed E-state index contributed by atoms with van der Waals surface area (Å²) < 4.78 is 5.34. The molecule has 5 nitrogen and oxygen atoms in total. The van der Waals surface area contributed by atoms with Crippen molar-refractivity contribution in [3.8, 4) is 0 Å². The van der Waals surface area contributed by atoms with Gasteiger partial charge < -0.3 is 15.0 Å². The normalized spacial score (nSPS) is 30.2. The van der Waals surface area contributed by atoms with Crippen molar-refractivity contribution in [1.29, 1.82) is 0 Å². The van der Waals surface area contributed by atoms with Gasteiger partial charge in [-0.1, -0.05) is 13.8 Å². The average molecular weight is 296 g/mol. The summed E-state index contributed by atoms with van der Waals surface area (Å²) in [5, 5.41) is 3.05. The Labute approximate surface area is 127 Å². The fraction of sp³-hybridized carbons (Fsp3) is 0.875. The van der Waals surface area contributed by atoms with E-state index in [1.807, 2.05) is 27.7 Å². The molecule has 0 bridgehead atoms. The first-order chi connectivity index (χ1) is 9.85. The summed E-state index contributed by atoms with van der Waals surface area (Å²) in [6.07, 6.45) is 3.19. The highest BCUT2D eigenvalue weighted by molar-refractivity contribution is 6.02. The monoisotopic (exact) mass is 296 g/mol. The van der Waals surface area contributed by atoms with Crippen LogP contribution in [0.4, 0.5) is 0 Å². The van der Waals surface area contributed by atoms with Crippen LogP contribution in [0.2, 0.25) is 0 Å². The van der Waals surface area contributed by atoms with Crippen LogP contribution in [0.25, 0.3) is 0 Å². The molecule has 2 amide bonds. The van der Waals surface area contributed by atoms with Crippen LogP contribution in [-0.4, -0.2) is 47.6 Å². The van der Waals surface area contributed by atoms with Crippen molar-refractivity contribution in [2.45, 2.75) is 70.6 Å². The van der Waals surface area contributed by atoms with Gasteiger partial charge in [-0.2, -0.15) is 0 Å². The van der Waals surface area contributed by atoms with E-state index in [-0.39, 0.29) is 23.8 Å². The van der Waals surface area contributed by atoms with Gasteiger partial charge >= 0.3 is 0 Å². The summed E-state index contributed by atoms with van der Waals surface area (Å²) in [5.41, 5.74) is -1.48. The molecule has 2 fully saturated rings. The van der Waals surface area contributed by atoms with Crippen molar-refractivity contribution >= 4 is 11.8 Å². The lowest BCUT2D eigenvalue weighted by molar-refractivity contribution is -0.166. The first-order valence-electron chi connectivity index (χ1n) is 8.03. The second-order valence-corrected chi connectivity index (χ2v) is 6.63. The summed E-state index contributed by atoms with van der Waals surface area (Å²) in [6.45, 7) is 8.23. The molecule has 0 spiro atoms. The quantitative estimate of drug-likeness (QED) is 0.812. The largest absolute Gasteiger partial charge is 0.380 e. The van der Waals surface area contributed by atoms with Gasteiger partial charge in [0, 0.05) is 13.7 Å². The van der Waals surface area contributed by atoms with Crippen molar-refractivity contribution in [3.63, 3.8) is 0 Å². The molecule has 1 N–H and O–H groups in total. The lowest BCUT2D eigenvalue weighted by Crippen LogP contribution is -2.76. The number of carbonyl (C=O) groups excluding carboxylic acids is 2. The summed E-state index contributed by atoms with van der Waals surface area (Å²) >= 11 is 0. The molecular weight excluding hydrogens is 268 g/mol. The molecule has 2 atom stereocenters. The number of rotatable bonds is 6. The highest BCUT2D eigenvalue weighted by Crippen LogP contribution is 2.44. The van der Waals surface area contributed by atoms with Crippen LogP contribution in [0.5, 0.6) is 0 Å². The second-order valence-electron chi connectivity index (χ2n) is 6.63. The van der Waals surface area contributed by atoms with Crippen LogP contribution in [0.15, 0.2) is 0 Å². The molecule has 2 unspecified atom stereocenters. The van der Waals surface area contributed by atoms with Gasteiger partial charge in [0.2, 0.25) is 11.8 Å². The predicted molar refractivity (Wildman–Crippen MR) is 80.8 cm³/mol. The average Bonchev–Trinajstić information content (AvgIpc) is 3.30. The number of piperazine rings is 1. The Morgan fingerprint density at radius 3 is 2.33 bits per heavy atom. The smallest absolute Gasteiger partial charge is 0.249 e. The molecule has 0 radical (unpaired) electrons. The highest BCUT2D eigenvalue weighted by Gasteiger charge is 2.59. The molecule has 1 saturated heterocycles. The van der Waals surface area contributed by atoms with E-state index in [9.17, 15) is 9.59 Å². The van der Waals surface area contributed by atoms with Gasteiger partial charge in [0.05, 0.1) is 6.10 Å². The molecule has 2 rings (SSSR count). The minimum atomic E-state index is -0.738.